The van der Waals surface area contributed by atoms with Crippen molar-refractivity contribution in [3.8, 4) is 17.1 Å². The number of nitrogens with zero attached hydrogens (tertiary/aromatic N) is 3. The number of hydrogen-bond acceptors (Lipinski definition) is 5. The lowest BCUT2D eigenvalue weighted by Gasteiger charge is -2.11. The predicted octanol–water partition coefficient (Wildman–Crippen LogP) is 4.24. The van der Waals surface area contributed by atoms with E-state index in [1.54, 1.807) is 12.1 Å². The molecule has 0 amide bonds. The first-order valence-corrected chi connectivity index (χ1v) is 10.4. The molecule has 0 radical (unpaired) electrons. The van der Waals surface area contributed by atoms with Crippen LogP contribution in [-0.4, -0.2) is 35.8 Å². The Labute approximate surface area is 203 Å². The molecular weight excluding hydrogens is 529 g/mol. The zero-order valence-corrected chi connectivity index (χ0v) is 20.3. The van der Waals surface area contributed by atoms with Gasteiger partial charge in [0.1, 0.15) is 12.3 Å². The Morgan fingerprint density at radius 2 is 2.10 bits per heavy atom. The average molecular weight is 554 g/mol. The molecule has 1 aliphatic heterocycles. The van der Waals surface area contributed by atoms with E-state index in [0.29, 0.717) is 29.2 Å². The van der Waals surface area contributed by atoms with Crippen molar-refractivity contribution in [2.24, 2.45) is 4.99 Å². The molecule has 2 N–H and O–H groups in total. The second kappa shape index (κ2) is 11.3. The van der Waals surface area contributed by atoms with Gasteiger partial charge in [-0.25, -0.2) is 4.99 Å². The monoisotopic (exact) mass is 553 g/mol. The molecule has 0 spiro atoms. The SMILES string of the molecule is CCNC(=NCc1nc(-c2cccc(Cl)c2)no1)NCCc1ccc2c(c1)CCO2.I. The van der Waals surface area contributed by atoms with E-state index in [-0.39, 0.29) is 24.0 Å². The summed E-state index contributed by atoms with van der Waals surface area (Å²) in [5.74, 6) is 2.67. The van der Waals surface area contributed by atoms with Crippen molar-refractivity contribution in [2.75, 3.05) is 19.7 Å². The fourth-order valence-corrected chi connectivity index (χ4v) is 3.46. The maximum Gasteiger partial charge on any atom is 0.248 e. The first kappa shape index (κ1) is 23.3. The fraction of sp³-hybridized carbons (Fsp3) is 0.318. The second-order valence-corrected chi connectivity index (χ2v) is 7.37. The van der Waals surface area contributed by atoms with Gasteiger partial charge >= 0.3 is 0 Å². The van der Waals surface area contributed by atoms with Crippen LogP contribution in [0.2, 0.25) is 5.02 Å². The lowest BCUT2D eigenvalue weighted by molar-refractivity contribution is 0.357. The van der Waals surface area contributed by atoms with Crippen LogP contribution >= 0.6 is 35.6 Å². The lowest BCUT2D eigenvalue weighted by atomic mass is 10.1. The molecule has 0 bridgehead atoms. The van der Waals surface area contributed by atoms with Crippen LogP contribution in [-0.2, 0) is 19.4 Å². The van der Waals surface area contributed by atoms with Crippen LogP contribution < -0.4 is 15.4 Å². The van der Waals surface area contributed by atoms with Crippen LogP contribution in [0.3, 0.4) is 0 Å². The third kappa shape index (κ3) is 6.33. The predicted molar refractivity (Wildman–Crippen MR) is 132 cm³/mol. The van der Waals surface area contributed by atoms with Gasteiger partial charge in [-0.05, 0) is 42.7 Å². The Kier molecular flexibility index (Phi) is 8.53. The zero-order chi connectivity index (χ0) is 20.8. The highest BCUT2D eigenvalue weighted by atomic mass is 127. The molecule has 0 atom stereocenters. The largest absolute Gasteiger partial charge is 0.493 e. The molecule has 1 aliphatic rings. The number of aromatic nitrogens is 2. The summed E-state index contributed by atoms with van der Waals surface area (Å²) in [4.78, 5) is 8.95. The summed E-state index contributed by atoms with van der Waals surface area (Å²) >= 11 is 6.03. The van der Waals surface area contributed by atoms with E-state index >= 15 is 0 Å². The normalized spacial score (nSPS) is 12.6. The van der Waals surface area contributed by atoms with Crippen molar-refractivity contribution in [3.63, 3.8) is 0 Å². The second-order valence-electron chi connectivity index (χ2n) is 6.93. The maximum absolute atomic E-state index is 6.03. The molecule has 0 saturated heterocycles. The quantitative estimate of drug-likeness (QED) is 0.259. The van der Waals surface area contributed by atoms with Crippen LogP contribution in [0.5, 0.6) is 5.75 Å². The number of ether oxygens (including phenoxy) is 1. The zero-order valence-electron chi connectivity index (χ0n) is 17.2. The van der Waals surface area contributed by atoms with Gasteiger partial charge in [0.2, 0.25) is 11.7 Å². The van der Waals surface area contributed by atoms with Crippen LogP contribution in [0.25, 0.3) is 11.4 Å². The molecule has 7 nitrogen and oxygen atoms in total. The molecule has 0 fully saturated rings. The molecule has 0 unspecified atom stereocenters. The molecule has 2 aromatic carbocycles. The van der Waals surface area contributed by atoms with Crippen molar-refractivity contribution in [1.82, 2.24) is 20.8 Å². The van der Waals surface area contributed by atoms with Crippen molar-refractivity contribution in [3.05, 3.63) is 64.5 Å². The molecule has 3 aromatic rings. The van der Waals surface area contributed by atoms with Crippen LogP contribution in [0.1, 0.15) is 23.9 Å². The molecule has 9 heteroatoms. The van der Waals surface area contributed by atoms with E-state index < -0.39 is 0 Å². The number of benzene rings is 2. The third-order valence-corrected chi connectivity index (χ3v) is 4.96. The van der Waals surface area contributed by atoms with E-state index in [0.717, 1.165) is 43.9 Å². The summed E-state index contributed by atoms with van der Waals surface area (Å²) in [6.45, 7) is 4.63. The highest BCUT2D eigenvalue weighted by Crippen LogP contribution is 2.26. The van der Waals surface area contributed by atoms with E-state index in [2.05, 4.69) is 44.0 Å². The van der Waals surface area contributed by atoms with Gasteiger partial charge in [-0.1, -0.05) is 41.0 Å². The molecule has 4 rings (SSSR count). The molecule has 31 heavy (non-hydrogen) atoms. The fourth-order valence-electron chi connectivity index (χ4n) is 3.27. The number of aliphatic imine (C=N–C) groups is 1. The summed E-state index contributed by atoms with van der Waals surface area (Å²) in [7, 11) is 0. The minimum absolute atomic E-state index is 0. The van der Waals surface area contributed by atoms with Crippen LogP contribution in [0, 0.1) is 0 Å². The number of hydrogen-bond donors (Lipinski definition) is 2. The highest BCUT2D eigenvalue weighted by Gasteiger charge is 2.12. The molecule has 164 valence electrons. The molecule has 0 saturated carbocycles. The Balaban J connectivity index is 0.00000272. The molecule has 0 aliphatic carbocycles. The standard InChI is InChI=1S/C22H24ClN5O2.HI/c1-2-24-22(25-10-8-15-6-7-19-16(12-15)9-11-29-19)26-14-20-27-21(28-30-20)17-4-3-5-18(23)13-17;/h3-7,12-13H,2,8-11,14H2,1H3,(H2,24,25,26);1H. The number of fused-ring (bicyclic) bond motifs is 1. The summed E-state index contributed by atoms with van der Waals surface area (Å²) in [5, 5.41) is 11.2. The molecule has 1 aromatic heterocycles. The van der Waals surface area contributed by atoms with Crippen molar-refractivity contribution in [1.29, 1.82) is 0 Å². The van der Waals surface area contributed by atoms with Gasteiger partial charge in [-0.3, -0.25) is 0 Å². The summed E-state index contributed by atoms with van der Waals surface area (Å²) < 4.78 is 10.9. The first-order chi connectivity index (χ1) is 14.7. The maximum atomic E-state index is 6.03. The van der Waals surface area contributed by atoms with Gasteiger partial charge in [0.15, 0.2) is 5.96 Å². The van der Waals surface area contributed by atoms with E-state index in [1.807, 2.05) is 19.1 Å². The van der Waals surface area contributed by atoms with Gasteiger partial charge in [-0.15, -0.1) is 24.0 Å². The third-order valence-electron chi connectivity index (χ3n) is 4.73. The average Bonchev–Trinajstić information content (AvgIpc) is 3.41. The van der Waals surface area contributed by atoms with Crippen LogP contribution in [0.4, 0.5) is 0 Å². The Bertz CT molecular complexity index is 1040. The van der Waals surface area contributed by atoms with E-state index in [9.17, 15) is 0 Å². The molecular formula is C22H25ClIN5O2. The first-order valence-electron chi connectivity index (χ1n) is 10.1. The number of rotatable bonds is 7. The summed E-state index contributed by atoms with van der Waals surface area (Å²) in [6.07, 6.45) is 1.89. The van der Waals surface area contributed by atoms with Gasteiger partial charge in [0.25, 0.3) is 0 Å². The van der Waals surface area contributed by atoms with Crippen molar-refractivity contribution < 1.29 is 9.26 Å². The number of guanidine groups is 1. The van der Waals surface area contributed by atoms with Gasteiger partial charge in [0, 0.05) is 30.1 Å². The lowest BCUT2D eigenvalue weighted by Crippen LogP contribution is -2.38. The highest BCUT2D eigenvalue weighted by molar-refractivity contribution is 14.0. The number of nitrogens with one attached hydrogen (secondary N) is 2. The Morgan fingerprint density at radius 1 is 1.19 bits per heavy atom. The topological polar surface area (TPSA) is 84.6 Å². The summed E-state index contributed by atoms with van der Waals surface area (Å²) in [5.41, 5.74) is 3.39. The molecule has 2 heterocycles. The van der Waals surface area contributed by atoms with Gasteiger partial charge in [0.05, 0.1) is 6.61 Å². The van der Waals surface area contributed by atoms with E-state index in [4.69, 9.17) is 20.9 Å². The Hall–Kier alpha value is -2.33. The smallest absolute Gasteiger partial charge is 0.248 e. The van der Waals surface area contributed by atoms with Gasteiger partial charge in [-0.2, -0.15) is 4.98 Å². The van der Waals surface area contributed by atoms with Crippen molar-refractivity contribution >= 4 is 41.5 Å². The summed E-state index contributed by atoms with van der Waals surface area (Å²) in [6, 6.07) is 13.8. The minimum Gasteiger partial charge on any atom is -0.493 e. The van der Waals surface area contributed by atoms with Gasteiger partial charge < -0.3 is 19.9 Å². The Morgan fingerprint density at radius 3 is 2.94 bits per heavy atom. The van der Waals surface area contributed by atoms with Crippen LogP contribution in [0.15, 0.2) is 52.0 Å². The number of halogens is 2. The van der Waals surface area contributed by atoms with E-state index in [1.165, 1.54) is 11.1 Å². The minimum atomic E-state index is 0. The van der Waals surface area contributed by atoms with Crippen molar-refractivity contribution in [2.45, 2.75) is 26.3 Å².